The van der Waals surface area contributed by atoms with Crippen LogP contribution in [0.25, 0.3) is 0 Å². The first kappa shape index (κ1) is 8.09. The second-order valence-corrected chi connectivity index (χ2v) is 4.21. The summed E-state index contributed by atoms with van der Waals surface area (Å²) in [6, 6.07) is 0. The van der Waals surface area contributed by atoms with Crippen molar-refractivity contribution in [2.45, 2.75) is 51.0 Å². The van der Waals surface area contributed by atoms with Crippen LogP contribution < -0.4 is 0 Å². The highest BCUT2D eigenvalue weighted by atomic mass is 16.2. The Morgan fingerprint density at radius 3 is 2.33 bits per heavy atom. The lowest BCUT2D eigenvalue weighted by atomic mass is 9.94. The Hall–Kier alpha value is -0.530. The highest BCUT2D eigenvalue weighted by Gasteiger charge is 2.43. The molecule has 12 heavy (non-hydrogen) atoms. The average Bonchev–Trinajstić information content (AvgIpc) is 2.61. The third-order valence-electron chi connectivity index (χ3n) is 3.51. The maximum atomic E-state index is 11.3. The van der Waals surface area contributed by atoms with Crippen LogP contribution in [0.1, 0.15) is 45.4 Å². The lowest BCUT2D eigenvalue weighted by Gasteiger charge is -2.34. The number of hydrogen-bond donors (Lipinski definition) is 0. The van der Waals surface area contributed by atoms with Crippen LogP contribution in [0.15, 0.2) is 0 Å². The molecule has 2 fully saturated rings. The largest absolute Gasteiger partial charge is 0.337 e. The molecule has 0 aromatic heterocycles. The quantitative estimate of drug-likeness (QED) is 0.540. The zero-order chi connectivity index (χ0) is 8.60. The lowest BCUT2D eigenvalue weighted by Crippen LogP contribution is -2.44. The summed E-state index contributed by atoms with van der Waals surface area (Å²) in [4.78, 5) is 13.5. The van der Waals surface area contributed by atoms with Crippen LogP contribution >= 0.6 is 0 Å². The Kier molecular flexibility index (Phi) is 1.85. The van der Waals surface area contributed by atoms with Gasteiger partial charge in [-0.25, -0.2) is 0 Å². The van der Waals surface area contributed by atoms with Crippen LogP contribution in [-0.2, 0) is 4.79 Å². The Balaban J connectivity index is 2.17. The summed E-state index contributed by atoms with van der Waals surface area (Å²) in [5.41, 5.74) is 0.311. The van der Waals surface area contributed by atoms with E-state index in [1.165, 1.54) is 38.5 Å². The van der Waals surface area contributed by atoms with E-state index in [1.54, 1.807) is 6.92 Å². The van der Waals surface area contributed by atoms with Crippen molar-refractivity contribution in [2.24, 2.45) is 0 Å². The van der Waals surface area contributed by atoms with Crippen molar-refractivity contribution in [1.82, 2.24) is 4.90 Å². The number of carbonyl (C=O) groups excluding carboxylic acids is 1. The van der Waals surface area contributed by atoms with E-state index in [0.717, 1.165) is 6.54 Å². The topological polar surface area (TPSA) is 20.3 Å². The summed E-state index contributed by atoms with van der Waals surface area (Å²) in [6.45, 7) is 2.72. The molecule has 0 N–H and O–H groups in total. The minimum absolute atomic E-state index is 0.286. The molecule has 0 radical (unpaired) electrons. The smallest absolute Gasteiger partial charge is 0.219 e. The molecular formula is C10H17NO. The second kappa shape index (κ2) is 2.75. The highest BCUT2D eigenvalue weighted by molar-refractivity contribution is 5.74. The molecule has 1 aliphatic carbocycles. The van der Waals surface area contributed by atoms with E-state index in [-0.39, 0.29) is 5.91 Å². The highest BCUT2D eigenvalue weighted by Crippen LogP contribution is 2.42. The fraction of sp³-hybridized carbons (Fsp3) is 0.900. The van der Waals surface area contributed by atoms with Crippen molar-refractivity contribution in [3.8, 4) is 0 Å². The van der Waals surface area contributed by atoms with Crippen molar-refractivity contribution in [3.05, 3.63) is 0 Å². The van der Waals surface area contributed by atoms with E-state index in [1.807, 2.05) is 0 Å². The van der Waals surface area contributed by atoms with E-state index >= 15 is 0 Å². The van der Waals surface area contributed by atoms with Gasteiger partial charge < -0.3 is 4.90 Å². The van der Waals surface area contributed by atoms with Crippen LogP contribution in [0.3, 0.4) is 0 Å². The standard InChI is InChI=1S/C10H17NO/c1-9(12)11-8-4-7-10(11)5-2-3-6-10/h2-8H2,1H3. The molecule has 1 saturated carbocycles. The molecule has 0 bridgehead atoms. The summed E-state index contributed by atoms with van der Waals surface area (Å²) in [5.74, 6) is 0.286. The Labute approximate surface area is 73.9 Å². The molecule has 68 valence electrons. The first-order chi connectivity index (χ1) is 5.75. The number of carbonyl (C=O) groups is 1. The van der Waals surface area contributed by atoms with Gasteiger partial charge in [-0.05, 0) is 25.7 Å². The maximum absolute atomic E-state index is 11.3. The van der Waals surface area contributed by atoms with Gasteiger partial charge in [-0.15, -0.1) is 0 Å². The maximum Gasteiger partial charge on any atom is 0.219 e. The first-order valence-electron chi connectivity index (χ1n) is 5.03. The van der Waals surface area contributed by atoms with Crippen molar-refractivity contribution >= 4 is 5.91 Å². The van der Waals surface area contributed by atoms with Crippen LogP contribution in [0.2, 0.25) is 0 Å². The van der Waals surface area contributed by atoms with E-state index in [4.69, 9.17) is 0 Å². The summed E-state index contributed by atoms with van der Waals surface area (Å²) in [5, 5.41) is 0. The van der Waals surface area contributed by atoms with E-state index in [9.17, 15) is 4.79 Å². The third kappa shape index (κ3) is 1.05. The normalized spacial score (nSPS) is 26.9. The molecule has 1 amide bonds. The second-order valence-electron chi connectivity index (χ2n) is 4.21. The van der Waals surface area contributed by atoms with Gasteiger partial charge in [-0.2, -0.15) is 0 Å². The zero-order valence-electron chi connectivity index (χ0n) is 7.81. The van der Waals surface area contributed by atoms with Gasteiger partial charge in [0.25, 0.3) is 0 Å². The predicted molar refractivity (Wildman–Crippen MR) is 47.8 cm³/mol. The zero-order valence-corrected chi connectivity index (χ0v) is 7.81. The Morgan fingerprint density at radius 1 is 1.17 bits per heavy atom. The fourth-order valence-corrected chi connectivity index (χ4v) is 2.98. The third-order valence-corrected chi connectivity index (χ3v) is 3.51. The monoisotopic (exact) mass is 167 g/mol. The van der Waals surface area contributed by atoms with Crippen molar-refractivity contribution in [2.75, 3.05) is 6.54 Å². The molecule has 1 spiro atoms. The van der Waals surface area contributed by atoms with Gasteiger partial charge in [0, 0.05) is 19.0 Å². The number of likely N-dealkylation sites (tertiary alicyclic amines) is 1. The molecule has 0 unspecified atom stereocenters. The van der Waals surface area contributed by atoms with Crippen LogP contribution in [0, 0.1) is 0 Å². The average molecular weight is 167 g/mol. The van der Waals surface area contributed by atoms with Crippen molar-refractivity contribution < 1.29 is 4.79 Å². The number of nitrogens with zero attached hydrogens (tertiary/aromatic N) is 1. The summed E-state index contributed by atoms with van der Waals surface area (Å²) >= 11 is 0. The molecule has 2 aliphatic rings. The van der Waals surface area contributed by atoms with Crippen LogP contribution in [-0.4, -0.2) is 22.9 Å². The molecule has 0 aromatic carbocycles. The van der Waals surface area contributed by atoms with E-state index < -0.39 is 0 Å². The van der Waals surface area contributed by atoms with Gasteiger partial charge >= 0.3 is 0 Å². The van der Waals surface area contributed by atoms with Crippen molar-refractivity contribution in [1.29, 1.82) is 0 Å². The van der Waals surface area contributed by atoms with Gasteiger partial charge in [0.1, 0.15) is 0 Å². The SMILES string of the molecule is CC(=O)N1CCCC12CCCC2. The van der Waals surface area contributed by atoms with E-state index in [0.29, 0.717) is 5.54 Å². The first-order valence-corrected chi connectivity index (χ1v) is 5.03. The van der Waals surface area contributed by atoms with Crippen LogP contribution in [0.4, 0.5) is 0 Å². The van der Waals surface area contributed by atoms with Gasteiger partial charge in [-0.1, -0.05) is 12.8 Å². The lowest BCUT2D eigenvalue weighted by molar-refractivity contribution is -0.132. The molecule has 2 nitrogen and oxygen atoms in total. The molecule has 2 heteroatoms. The van der Waals surface area contributed by atoms with E-state index in [2.05, 4.69) is 4.90 Å². The van der Waals surface area contributed by atoms with Gasteiger partial charge in [-0.3, -0.25) is 4.79 Å². The van der Waals surface area contributed by atoms with Crippen LogP contribution in [0.5, 0.6) is 0 Å². The Morgan fingerprint density at radius 2 is 1.75 bits per heavy atom. The number of amides is 1. The molecule has 1 aliphatic heterocycles. The fourth-order valence-electron chi connectivity index (χ4n) is 2.98. The van der Waals surface area contributed by atoms with Gasteiger partial charge in [0.05, 0.1) is 0 Å². The van der Waals surface area contributed by atoms with Crippen molar-refractivity contribution in [3.63, 3.8) is 0 Å². The Bertz CT molecular complexity index is 189. The molecule has 2 rings (SSSR count). The molecule has 0 aromatic rings. The molecule has 1 saturated heterocycles. The number of rotatable bonds is 0. The van der Waals surface area contributed by atoms with Gasteiger partial charge in [0.15, 0.2) is 0 Å². The number of hydrogen-bond acceptors (Lipinski definition) is 1. The minimum atomic E-state index is 0.286. The minimum Gasteiger partial charge on any atom is -0.337 e. The van der Waals surface area contributed by atoms with Gasteiger partial charge in [0.2, 0.25) is 5.91 Å². The molecule has 1 heterocycles. The molecule has 0 atom stereocenters. The summed E-state index contributed by atoms with van der Waals surface area (Å²) in [6.07, 6.45) is 7.64. The summed E-state index contributed by atoms with van der Waals surface area (Å²) < 4.78 is 0. The predicted octanol–water partition coefficient (Wildman–Crippen LogP) is 1.94. The molecular weight excluding hydrogens is 150 g/mol. The summed E-state index contributed by atoms with van der Waals surface area (Å²) in [7, 11) is 0.